The van der Waals surface area contributed by atoms with Crippen LogP contribution in [0.1, 0.15) is 37.0 Å². The molecule has 5 nitrogen and oxygen atoms in total. The van der Waals surface area contributed by atoms with E-state index in [4.69, 9.17) is 0 Å². The molecule has 0 fully saturated rings. The Morgan fingerprint density at radius 1 is 1.07 bits per heavy atom. The van der Waals surface area contributed by atoms with E-state index in [0.717, 1.165) is 24.2 Å². The largest absolute Gasteiger partial charge is 0.458 e. The number of anilines is 1. The Morgan fingerprint density at radius 3 is 2.33 bits per heavy atom. The molecule has 0 saturated carbocycles. The number of aliphatic hydroxyl groups is 1. The van der Waals surface area contributed by atoms with Gasteiger partial charge in [-0.1, -0.05) is 35.5 Å². The lowest BCUT2D eigenvalue weighted by Gasteiger charge is -2.22. The number of hydrogen-bond acceptors (Lipinski definition) is 5. The van der Waals surface area contributed by atoms with Gasteiger partial charge in [0.05, 0.1) is 12.1 Å². The molecule has 3 rings (SSSR count). The third-order valence-corrected chi connectivity index (χ3v) is 5.14. The second kappa shape index (κ2) is 9.06. The zero-order valence-corrected chi connectivity index (χ0v) is 17.0. The Bertz CT molecular complexity index is 880. The van der Waals surface area contributed by atoms with Crippen LogP contribution in [0.2, 0.25) is 0 Å². The summed E-state index contributed by atoms with van der Waals surface area (Å²) in [5.41, 5.74) is 3.81. The highest BCUT2D eigenvalue weighted by molar-refractivity contribution is 6.01. The van der Waals surface area contributed by atoms with Crippen molar-refractivity contribution < 1.29 is 23.1 Å². The lowest BCUT2D eigenvalue weighted by atomic mass is 10.0. The van der Waals surface area contributed by atoms with E-state index in [1.165, 1.54) is 5.69 Å². The topological polar surface area (TPSA) is 57.1 Å². The number of halogens is 3. The van der Waals surface area contributed by atoms with Gasteiger partial charge in [-0.25, -0.2) is 0 Å². The third kappa shape index (κ3) is 4.94. The highest BCUT2D eigenvalue weighted by Crippen LogP contribution is 2.38. The van der Waals surface area contributed by atoms with E-state index in [2.05, 4.69) is 58.3 Å². The van der Waals surface area contributed by atoms with E-state index in [9.17, 15) is 18.3 Å². The van der Waals surface area contributed by atoms with E-state index < -0.39 is 18.4 Å². The second-order valence-electron chi connectivity index (χ2n) is 7.23. The molecule has 30 heavy (non-hydrogen) atoms. The minimum Gasteiger partial charge on any atom is -0.372 e. The van der Waals surface area contributed by atoms with Gasteiger partial charge in [0.15, 0.2) is 0 Å². The molecule has 0 saturated heterocycles. The van der Waals surface area contributed by atoms with E-state index in [1.54, 1.807) is 18.2 Å². The van der Waals surface area contributed by atoms with Crippen LogP contribution < -0.4 is 10.2 Å². The summed E-state index contributed by atoms with van der Waals surface area (Å²) in [4.78, 5) is 6.57. The van der Waals surface area contributed by atoms with Crippen molar-refractivity contribution in [2.45, 2.75) is 45.3 Å². The minimum atomic E-state index is -4.90. The van der Waals surface area contributed by atoms with Crippen molar-refractivity contribution in [3.05, 3.63) is 65.2 Å². The quantitative estimate of drug-likeness (QED) is 0.671. The molecule has 0 bridgehead atoms. The first-order chi connectivity index (χ1) is 14.3. The summed E-state index contributed by atoms with van der Waals surface area (Å²) in [6.07, 6.45) is -5.63. The maximum atomic E-state index is 12.9. The zero-order chi connectivity index (χ0) is 21.8. The number of oxime groups is 1. The van der Waals surface area contributed by atoms with Gasteiger partial charge in [0.2, 0.25) is 0 Å². The van der Waals surface area contributed by atoms with E-state index >= 15 is 0 Å². The summed E-state index contributed by atoms with van der Waals surface area (Å²) >= 11 is 0. The maximum Gasteiger partial charge on any atom is 0.458 e. The van der Waals surface area contributed by atoms with Gasteiger partial charge < -0.3 is 20.2 Å². The summed E-state index contributed by atoms with van der Waals surface area (Å²) in [7, 11) is 0. The van der Waals surface area contributed by atoms with Crippen molar-refractivity contribution in [3.8, 4) is 0 Å². The molecule has 0 radical (unpaired) electrons. The SMILES string of the molecule is CCN(CC)c1ccc(CNCc2cccc(C3=NOC(O)(C(F)(F)F)C3)c2)cc1. The first-order valence-corrected chi connectivity index (χ1v) is 9.94. The summed E-state index contributed by atoms with van der Waals surface area (Å²) in [6, 6.07) is 15.4. The van der Waals surface area contributed by atoms with E-state index in [1.807, 2.05) is 6.07 Å². The molecule has 2 N–H and O–H groups in total. The lowest BCUT2D eigenvalue weighted by molar-refractivity contribution is -0.355. The highest BCUT2D eigenvalue weighted by Gasteiger charge is 2.60. The highest BCUT2D eigenvalue weighted by atomic mass is 19.4. The lowest BCUT2D eigenvalue weighted by Crippen LogP contribution is -2.45. The van der Waals surface area contributed by atoms with Crippen molar-refractivity contribution in [1.29, 1.82) is 0 Å². The number of alkyl halides is 3. The molecule has 8 heteroatoms. The number of hydrogen-bond donors (Lipinski definition) is 2. The molecule has 1 unspecified atom stereocenters. The predicted octanol–water partition coefficient (Wildman–Crippen LogP) is 4.20. The smallest absolute Gasteiger partial charge is 0.372 e. The van der Waals surface area contributed by atoms with Crippen LogP contribution in [0.4, 0.5) is 18.9 Å². The van der Waals surface area contributed by atoms with Gasteiger partial charge in [-0.05, 0) is 48.7 Å². The molecule has 1 aliphatic rings. The second-order valence-corrected chi connectivity index (χ2v) is 7.23. The van der Waals surface area contributed by atoms with Crippen LogP contribution in [-0.2, 0) is 17.9 Å². The van der Waals surface area contributed by atoms with Crippen LogP contribution in [-0.4, -0.2) is 35.9 Å². The Labute approximate surface area is 174 Å². The minimum absolute atomic E-state index is 0.0728. The van der Waals surface area contributed by atoms with Gasteiger partial charge in [-0.3, -0.25) is 0 Å². The van der Waals surface area contributed by atoms with Gasteiger partial charge in [-0.15, -0.1) is 0 Å². The normalized spacial score (nSPS) is 18.8. The Balaban J connectivity index is 1.56. The van der Waals surface area contributed by atoms with Crippen molar-refractivity contribution in [1.82, 2.24) is 5.32 Å². The van der Waals surface area contributed by atoms with Crippen LogP contribution in [0.3, 0.4) is 0 Å². The molecule has 0 spiro atoms. The molecule has 2 aromatic rings. The Hall–Kier alpha value is -2.58. The molecule has 0 aliphatic carbocycles. The van der Waals surface area contributed by atoms with Crippen molar-refractivity contribution in [3.63, 3.8) is 0 Å². The van der Waals surface area contributed by atoms with Crippen LogP contribution >= 0.6 is 0 Å². The number of rotatable bonds is 8. The first-order valence-electron chi connectivity index (χ1n) is 9.94. The molecular formula is C22H26F3N3O2. The first kappa shape index (κ1) is 22.1. The zero-order valence-electron chi connectivity index (χ0n) is 17.0. The van der Waals surface area contributed by atoms with Crippen LogP contribution in [0.15, 0.2) is 53.7 Å². The summed E-state index contributed by atoms with van der Waals surface area (Å²) in [5, 5.41) is 16.4. The van der Waals surface area contributed by atoms with E-state index in [0.29, 0.717) is 18.7 Å². The number of benzene rings is 2. The molecule has 1 atom stereocenters. The average molecular weight is 421 g/mol. The van der Waals surface area contributed by atoms with Gasteiger partial charge >= 0.3 is 12.0 Å². The third-order valence-electron chi connectivity index (χ3n) is 5.14. The van der Waals surface area contributed by atoms with E-state index in [-0.39, 0.29) is 5.71 Å². The fourth-order valence-electron chi connectivity index (χ4n) is 3.35. The molecule has 0 aromatic heterocycles. The maximum absolute atomic E-state index is 12.9. The van der Waals surface area contributed by atoms with Gasteiger partial charge in [-0.2, -0.15) is 13.2 Å². The van der Waals surface area contributed by atoms with Gasteiger partial charge in [0, 0.05) is 31.9 Å². The van der Waals surface area contributed by atoms with Crippen molar-refractivity contribution in [2.24, 2.45) is 5.16 Å². The van der Waals surface area contributed by atoms with Crippen LogP contribution in [0.5, 0.6) is 0 Å². The Morgan fingerprint density at radius 2 is 1.73 bits per heavy atom. The predicted molar refractivity (Wildman–Crippen MR) is 110 cm³/mol. The summed E-state index contributed by atoms with van der Waals surface area (Å²) in [6.45, 7) is 7.38. The number of nitrogens with zero attached hydrogens (tertiary/aromatic N) is 2. The standard InChI is InChI=1S/C22H26F3N3O2/c1-3-28(4-2)19-10-8-16(9-11-19)14-26-15-17-6-5-7-18(12-17)20-13-21(29,30-27-20)22(23,24)25/h5-12,26,29H,3-4,13-15H2,1-2H3. The number of nitrogens with one attached hydrogen (secondary N) is 1. The monoisotopic (exact) mass is 421 g/mol. The molecule has 1 aliphatic heterocycles. The molecule has 0 amide bonds. The fraction of sp³-hybridized carbons (Fsp3) is 0.409. The van der Waals surface area contributed by atoms with Gasteiger partial charge in [0.1, 0.15) is 0 Å². The molecule has 2 aromatic carbocycles. The van der Waals surface area contributed by atoms with Crippen LogP contribution in [0.25, 0.3) is 0 Å². The summed E-state index contributed by atoms with van der Waals surface area (Å²) < 4.78 is 38.7. The molecular weight excluding hydrogens is 395 g/mol. The Kier molecular flexibility index (Phi) is 6.67. The fourth-order valence-corrected chi connectivity index (χ4v) is 3.35. The summed E-state index contributed by atoms with van der Waals surface area (Å²) in [5.74, 6) is -3.26. The molecule has 162 valence electrons. The van der Waals surface area contributed by atoms with Crippen LogP contribution in [0, 0.1) is 0 Å². The van der Waals surface area contributed by atoms with Gasteiger partial charge in [0.25, 0.3) is 0 Å². The van der Waals surface area contributed by atoms with Crippen molar-refractivity contribution >= 4 is 11.4 Å². The average Bonchev–Trinajstić information content (AvgIpc) is 3.14. The van der Waals surface area contributed by atoms with Crippen molar-refractivity contribution in [2.75, 3.05) is 18.0 Å². The molecule has 1 heterocycles.